The van der Waals surface area contributed by atoms with E-state index in [4.69, 9.17) is 14.2 Å². The van der Waals surface area contributed by atoms with Crippen molar-refractivity contribution in [2.45, 2.75) is 25.9 Å². The van der Waals surface area contributed by atoms with E-state index >= 15 is 0 Å². The van der Waals surface area contributed by atoms with Crippen LogP contribution in [-0.4, -0.2) is 66.0 Å². The highest BCUT2D eigenvalue weighted by molar-refractivity contribution is 5.79. The molecule has 2 N–H and O–H groups in total. The number of aliphatic imine (C=N–C) groups is 1. The number of aryl methyl sites for hydroxylation is 1. The molecule has 0 aliphatic carbocycles. The molecular weight excluding hydrogens is 404 g/mol. The van der Waals surface area contributed by atoms with Gasteiger partial charge >= 0.3 is 0 Å². The molecular formula is C25H38N4O3. The van der Waals surface area contributed by atoms with Crippen molar-refractivity contribution in [3.05, 3.63) is 59.2 Å². The van der Waals surface area contributed by atoms with Crippen LogP contribution in [0, 0.1) is 6.92 Å². The quantitative estimate of drug-likeness (QED) is 0.298. The summed E-state index contributed by atoms with van der Waals surface area (Å²) in [5, 5.41) is 6.85. The number of hydrogen-bond donors (Lipinski definition) is 2. The van der Waals surface area contributed by atoms with Gasteiger partial charge in [-0.05, 0) is 50.3 Å². The van der Waals surface area contributed by atoms with E-state index < -0.39 is 0 Å². The third kappa shape index (κ3) is 8.05. The normalized spacial score (nSPS) is 12.5. The fraction of sp³-hybridized carbons (Fsp3) is 0.480. The van der Waals surface area contributed by atoms with E-state index in [2.05, 4.69) is 71.9 Å². The number of nitrogens with one attached hydrogen (secondary N) is 2. The zero-order chi connectivity index (χ0) is 23.3. The summed E-state index contributed by atoms with van der Waals surface area (Å²) < 4.78 is 16.4. The molecule has 32 heavy (non-hydrogen) atoms. The van der Waals surface area contributed by atoms with Crippen LogP contribution in [0.3, 0.4) is 0 Å². The lowest BCUT2D eigenvalue weighted by atomic mass is 10.1. The Kier molecular flexibility index (Phi) is 10.8. The predicted molar refractivity (Wildman–Crippen MR) is 131 cm³/mol. The number of hydrogen-bond acceptors (Lipinski definition) is 5. The second-order valence-electron chi connectivity index (χ2n) is 7.87. The minimum atomic E-state index is 0.193. The average molecular weight is 443 g/mol. The maximum atomic E-state index is 6.00. The number of nitrogens with zero attached hydrogens (tertiary/aromatic N) is 2. The minimum absolute atomic E-state index is 0.193. The van der Waals surface area contributed by atoms with E-state index in [1.54, 1.807) is 21.3 Å². The molecule has 0 amide bonds. The molecule has 0 aromatic heterocycles. The molecule has 0 radical (unpaired) electrons. The van der Waals surface area contributed by atoms with Gasteiger partial charge in [-0.2, -0.15) is 0 Å². The topological polar surface area (TPSA) is 67.4 Å². The molecule has 0 aliphatic heterocycles. The first-order valence-electron chi connectivity index (χ1n) is 10.9. The van der Waals surface area contributed by atoms with Crippen molar-refractivity contribution < 1.29 is 14.2 Å². The molecule has 0 spiro atoms. The van der Waals surface area contributed by atoms with E-state index in [9.17, 15) is 0 Å². The lowest BCUT2D eigenvalue weighted by molar-refractivity contribution is 0.171. The molecule has 176 valence electrons. The summed E-state index contributed by atoms with van der Waals surface area (Å²) in [5.41, 5.74) is 3.48. The molecule has 0 bridgehead atoms. The Morgan fingerprint density at radius 3 is 2.41 bits per heavy atom. The zero-order valence-electron chi connectivity index (χ0n) is 20.3. The molecule has 1 atom stereocenters. The van der Waals surface area contributed by atoms with Gasteiger partial charge in [0.05, 0.1) is 19.8 Å². The fourth-order valence-electron chi connectivity index (χ4n) is 3.35. The van der Waals surface area contributed by atoms with Crippen LogP contribution < -0.4 is 20.1 Å². The summed E-state index contributed by atoms with van der Waals surface area (Å²) in [5.74, 6) is 2.50. The van der Waals surface area contributed by atoms with Gasteiger partial charge in [-0.15, -0.1) is 0 Å². The van der Waals surface area contributed by atoms with Gasteiger partial charge in [0.25, 0.3) is 0 Å². The Morgan fingerprint density at radius 1 is 1.03 bits per heavy atom. The first kappa shape index (κ1) is 25.5. The standard InChI is InChI=1S/C25H38N4O3/c1-19-8-9-21(24(16-19)32-15-7-14-30-5)17-27-25(26-2)28-18-23(29(3)4)20-10-12-22(31-6)13-11-20/h8-13,16,23H,7,14-15,17-18H2,1-6H3,(H2,26,27,28). The molecule has 0 heterocycles. The predicted octanol–water partition coefficient (Wildman–Crippen LogP) is 3.39. The number of methoxy groups -OCH3 is 2. The molecule has 0 saturated carbocycles. The molecule has 7 heteroatoms. The fourth-order valence-corrected chi connectivity index (χ4v) is 3.35. The van der Waals surface area contributed by atoms with Gasteiger partial charge in [-0.1, -0.05) is 24.3 Å². The van der Waals surface area contributed by atoms with E-state index in [1.165, 1.54) is 11.1 Å². The van der Waals surface area contributed by atoms with Crippen LogP contribution in [0.4, 0.5) is 0 Å². The van der Waals surface area contributed by atoms with Crippen molar-refractivity contribution in [1.82, 2.24) is 15.5 Å². The average Bonchev–Trinajstić information content (AvgIpc) is 2.80. The van der Waals surface area contributed by atoms with Crippen molar-refractivity contribution in [3.63, 3.8) is 0 Å². The summed E-state index contributed by atoms with van der Waals surface area (Å²) in [4.78, 5) is 6.58. The molecule has 7 nitrogen and oxygen atoms in total. The Hall–Kier alpha value is -2.77. The molecule has 2 rings (SSSR count). The Morgan fingerprint density at radius 2 is 1.78 bits per heavy atom. The second-order valence-corrected chi connectivity index (χ2v) is 7.87. The first-order chi connectivity index (χ1) is 15.5. The summed E-state index contributed by atoms with van der Waals surface area (Å²) in [6.45, 7) is 4.73. The van der Waals surface area contributed by atoms with E-state index in [0.717, 1.165) is 29.4 Å². The third-order valence-electron chi connectivity index (χ3n) is 5.23. The minimum Gasteiger partial charge on any atom is -0.497 e. The van der Waals surface area contributed by atoms with Crippen LogP contribution in [-0.2, 0) is 11.3 Å². The molecule has 0 fully saturated rings. The number of ether oxygens (including phenoxy) is 3. The summed E-state index contributed by atoms with van der Waals surface area (Å²) in [7, 11) is 9.32. The van der Waals surface area contributed by atoms with Crippen LogP contribution in [0.2, 0.25) is 0 Å². The third-order valence-corrected chi connectivity index (χ3v) is 5.23. The van der Waals surface area contributed by atoms with Crippen molar-refractivity contribution >= 4 is 5.96 Å². The van der Waals surface area contributed by atoms with E-state index in [0.29, 0.717) is 26.3 Å². The van der Waals surface area contributed by atoms with Crippen LogP contribution in [0.5, 0.6) is 11.5 Å². The van der Waals surface area contributed by atoms with Gasteiger partial charge in [-0.25, -0.2) is 0 Å². The first-order valence-corrected chi connectivity index (χ1v) is 10.9. The molecule has 0 saturated heterocycles. The number of likely N-dealkylation sites (N-methyl/N-ethyl adjacent to an activating group) is 1. The SMILES string of the molecule is CN=C(NCc1ccc(C)cc1OCCCOC)NCC(c1ccc(OC)cc1)N(C)C. The van der Waals surface area contributed by atoms with Crippen LogP contribution in [0.15, 0.2) is 47.5 Å². The van der Waals surface area contributed by atoms with E-state index in [1.807, 2.05) is 12.1 Å². The van der Waals surface area contributed by atoms with Crippen molar-refractivity contribution in [1.29, 1.82) is 0 Å². The van der Waals surface area contributed by atoms with Gasteiger partial charge in [0, 0.05) is 45.8 Å². The maximum absolute atomic E-state index is 6.00. The number of rotatable bonds is 12. The summed E-state index contributed by atoms with van der Waals surface area (Å²) in [6, 6.07) is 14.6. The van der Waals surface area contributed by atoms with Crippen LogP contribution in [0.1, 0.15) is 29.2 Å². The lowest BCUT2D eigenvalue weighted by Gasteiger charge is -2.26. The monoisotopic (exact) mass is 442 g/mol. The summed E-state index contributed by atoms with van der Waals surface area (Å²) >= 11 is 0. The number of guanidine groups is 1. The van der Waals surface area contributed by atoms with Gasteiger partial charge in [0.15, 0.2) is 5.96 Å². The smallest absolute Gasteiger partial charge is 0.191 e. The second kappa shape index (κ2) is 13.6. The Labute approximate surface area is 192 Å². The highest BCUT2D eigenvalue weighted by Crippen LogP contribution is 2.22. The highest BCUT2D eigenvalue weighted by atomic mass is 16.5. The van der Waals surface area contributed by atoms with Crippen LogP contribution >= 0.6 is 0 Å². The van der Waals surface area contributed by atoms with Gasteiger partial charge in [-0.3, -0.25) is 4.99 Å². The molecule has 2 aromatic carbocycles. The van der Waals surface area contributed by atoms with Crippen molar-refractivity contribution in [2.75, 3.05) is 55.1 Å². The lowest BCUT2D eigenvalue weighted by Crippen LogP contribution is -2.41. The molecule has 0 aliphatic rings. The Bertz CT molecular complexity index is 838. The summed E-state index contributed by atoms with van der Waals surface area (Å²) in [6.07, 6.45) is 0.859. The van der Waals surface area contributed by atoms with Gasteiger partial charge in [0.2, 0.25) is 0 Å². The molecule has 1 unspecified atom stereocenters. The largest absolute Gasteiger partial charge is 0.497 e. The Balaban J connectivity index is 1.97. The van der Waals surface area contributed by atoms with Crippen molar-refractivity contribution in [3.8, 4) is 11.5 Å². The van der Waals surface area contributed by atoms with Crippen LogP contribution in [0.25, 0.3) is 0 Å². The highest BCUT2D eigenvalue weighted by Gasteiger charge is 2.15. The molecule has 2 aromatic rings. The maximum Gasteiger partial charge on any atom is 0.191 e. The van der Waals surface area contributed by atoms with Crippen molar-refractivity contribution in [2.24, 2.45) is 4.99 Å². The van der Waals surface area contributed by atoms with Gasteiger partial charge in [0.1, 0.15) is 11.5 Å². The van der Waals surface area contributed by atoms with Gasteiger partial charge < -0.3 is 29.7 Å². The van der Waals surface area contributed by atoms with E-state index in [-0.39, 0.29) is 6.04 Å². The zero-order valence-corrected chi connectivity index (χ0v) is 20.3. The number of benzene rings is 2.